The molecule has 0 fully saturated rings. The molecule has 3 rings (SSSR count). The maximum atomic E-state index is 14.0. The van der Waals surface area contributed by atoms with Crippen LogP contribution in [0.2, 0.25) is 15.3 Å². The molecule has 24 heavy (non-hydrogen) atoms. The van der Waals surface area contributed by atoms with Gasteiger partial charge in [0, 0.05) is 0 Å². The minimum Gasteiger partial charge on any atom is -0.245 e. The van der Waals surface area contributed by atoms with Crippen molar-refractivity contribution >= 4 is 45.8 Å². The molecule has 0 saturated carbocycles. The molecule has 3 aromatic rings. The second-order valence-electron chi connectivity index (χ2n) is 5.46. The summed E-state index contributed by atoms with van der Waals surface area (Å²) in [6.07, 6.45) is 0. The zero-order chi connectivity index (χ0) is 17.6. The largest absolute Gasteiger partial charge is 0.355 e. The van der Waals surface area contributed by atoms with Crippen LogP contribution in [-0.4, -0.2) is 14.5 Å². The summed E-state index contributed by atoms with van der Waals surface area (Å²) in [5.41, 5.74) is 0.873. The van der Waals surface area contributed by atoms with Gasteiger partial charge >= 0.3 is 5.69 Å². The fraction of sp³-hybridized carbons (Fsp3) is 0.188. The summed E-state index contributed by atoms with van der Waals surface area (Å²) in [5.74, 6) is -0.776. The quantitative estimate of drug-likeness (QED) is 0.460. The molecule has 0 radical (unpaired) electrons. The van der Waals surface area contributed by atoms with E-state index in [4.69, 9.17) is 34.8 Å². The van der Waals surface area contributed by atoms with E-state index in [0.717, 1.165) is 5.56 Å². The second-order valence-corrected chi connectivity index (χ2v) is 6.56. The normalized spacial score (nSPS) is 11.5. The smallest absolute Gasteiger partial charge is 0.245 e. The molecule has 2 aromatic heterocycles. The average molecular weight is 387 g/mol. The third-order valence-corrected chi connectivity index (χ3v) is 4.50. The Bertz CT molecular complexity index is 1020. The Balaban J connectivity index is 2.53. The highest BCUT2D eigenvalue weighted by atomic mass is 35.5. The molecular weight excluding hydrogens is 376 g/mol. The van der Waals surface area contributed by atoms with E-state index in [1.165, 1.54) is 4.57 Å². The van der Waals surface area contributed by atoms with Crippen LogP contribution < -0.4 is 5.69 Å². The van der Waals surface area contributed by atoms with E-state index in [1.807, 2.05) is 26.0 Å². The predicted octanol–water partition coefficient (Wildman–Crippen LogP) is 5.00. The van der Waals surface area contributed by atoms with Crippen LogP contribution in [0.1, 0.15) is 25.3 Å². The number of rotatable bonds is 2. The maximum absolute atomic E-state index is 14.0. The predicted molar refractivity (Wildman–Crippen MR) is 94.2 cm³/mol. The van der Waals surface area contributed by atoms with Gasteiger partial charge in [-0.15, -0.1) is 0 Å². The van der Waals surface area contributed by atoms with Crippen LogP contribution in [0.25, 0.3) is 16.7 Å². The van der Waals surface area contributed by atoms with Crippen molar-refractivity contribution in [3.8, 4) is 5.69 Å². The Morgan fingerprint density at radius 1 is 1.08 bits per heavy atom. The molecule has 4 nitrogen and oxygen atoms in total. The third-order valence-electron chi connectivity index (χ3n) is 3.62. The fourth-order valence-corrected chi connectivity index (χ4v) is 3.30. The average Bonchev–Trinajstić information content (AvgIpc) is 2.52. The van der Waals surface area contributed by atoms with Gasteiger partial charge < -0.3 is 0 Å². The van der Waals surface area contributed by atoms with Crippen molar-refractivity contribution < 1.29 is 4.39 Å². The fourth-order valence-electron chi connectivity index (χ4n) is 2.52. The first-order valence-corrected chi connectivity index (χ1v) is 8.18. The molecule has 2 heterocycles. The van der Waals surface area contributed by atoms with Crippen LogP contribution in [-0.2, 0) is 0 Å². The summed E-state index contributed by atoms with van der Waals surface area (Å²) in [6.45, 7) is 3.98. The van der Waals surface area contributed by atoms with Gasteiger partial charge in [0.1, 0.15) is 5.15 Å². The zero-order valence-corrected chi connectivity index (χ0v) is 14.9. The second kappa shape index (κ2) is 6.31. The molecule has 0 N–H and O–H groups in total. The van der Waals surface area contributed by atoms with Gasteiger partial charge in [0.05, 0.1) is 16.1 Å². The number of pyridine rings is 1. The van der Waals surface area contributed by atoms with Crippen LogP contribution in [0.3, 0.4) is 0 Å². The van der Waals surface area contributed by atoms with Crippen molar-refractivity contribution in [3.05, 3.63) is 61.5 Å². The van der Waals surface area contributed by atoms with Gasteiger partial charge in [-0.1, -0.05) is 66.8 Å². The highest BCUT2D eigenvalue weighted by Crippen LogP contribution is 2.34. The van der Waals surface area contributed by atoms with Crippen LogP contribution >= 0.6 is 34.8 Å². The van der Waals surface area contributed by atoms with Crippen LogP contribution in [0.15, 0.2) is 29.1 Å². The van der Waals surface area contributed by atoms with Gasteiger partial charge in [0.25, 0.3) is 0 Å². The first-order valence-electron chi connectivity index (χ1n) is 7.05. The summed E-state index contributed by atoms with van der Waals surface area (Å²) in [7, 11) is 0. The Labute approximate surface area is 151 Å². The van der Waals surface area contributed by atoms with Gasteiger partial charge in [-0.25, -0.2) is 18.7 Å². The number of nitrogens with zero attached hydrogens (tertiary/aromatic N) is 3. The molecular formula is C16H11Cl3FN3O. The van der Waals surface area contributed by atoms with Crippen LogP contribution in [0, 0.1) is 5.82 Å². The molecule has 0 aliphatic heterocycles. The van der Waals surface area contributed by atoms with E-state index in [2.05, 4.69) is 9.97 Å². The van der Waals surface area contributed by atoms with Gasteiger partial charge in [-0.2, -0.15) is 4.98 Å². The topological polar surface area (TPSA) is 47.8 Å². The molecule has 0 saturated heterocycles. The van der Waals surface area contributed by atoms with Crippen molar-refractivity contribution in [2.45, 2.75) is 19.8 Å². The van der Waals surface area contributed by atoms with Crippen molar-refractivity contribution in [2.24, 2.45) is 0 Å². The molecule has 0 amide bonds. The lowest BCUT2D eigenvalue weighted by atomic mass is 10.0. The Morgan fingerprint density at radius 2 is 1.75 bits per heavy atom. The van der Waals surface area contributed by atoms with Gasteiger partial charge in [-0.3, -0.25) is 0 Å². The van der Waals surface area contributed by atoms with Gasteiger partial charge in [-0.05, 0) is 17.5 Å². The molecule has 0 aliphatic rings. The highest BCUT2D eigenvalue weighted by molar-refractivity contribution is 6.42. The van der Waals surface area contributed by atoms with Crippen molar-refractivity contribution in [1.29, 1.82) is 0 Å². The SMILES string of the molecule is CC(C)c1ccccc1-n1c(=O)nc(Cl)c2c(Cl)c(F)c(Cl)nc21. The molecule has 0 aliphatic carbocycles. The van der Waals surface area contributed by atoms with Gasteiger partial charge in [0.2, 0.25) is 0 Å². The zero-order valence-electron chi connectivity index (χ0n) is 12.6. The number of benzene rings is 1. The van der Waals surface area contributed by atoms with E-state index >= 15 is 0 Å². The maximum Gasteiger partial charge on any atom is 0.355 e. The number of para-hydroxylation sites is 1. The Morgan fingerprint density at radius 3 is 2.42 bits per heavy atom. The summed E-state index contributed by atoms with van der Waals surface area (Å²) in [5, 5.41) is -0.942. The minimum atomic E-state index is -0.906. The van der Waals surface area contributed by atoms with Crippen molar-refractivity contribution in [1.82, 2.24) is 14.5 Å². The molecule has 0 spiro atoms. The molecule has 0 bridgehead atoms. The molecule has 0 unspecified atom stereocenters. The number of hydrogen-bond acceptors (Lipinski definition) is 3. The van der Waals surface area contributed by atoms with Crippen molar-refractivity contribution in [2.75, 3.05) is 0 Å². The van der Waals surface area contributed by atoms with Crippen LogP contribution in [0.5, 0.6) is 0 Å². The van der Waals surface area contributed by atoms with Crippen molar-refractivity contribution in [3.63, 3.8) is 0 Å². The summed E-state index contributed by atoms with van der Waals surface area (Å²) >= 11 is 17.8. The highest BCUT2D eigenvalue weighted by Gasteiger charge is 2.21. The number of fused-ring (bicyclic) bond motifs is 1. The van der Waals surface area contributed by atoms with E-state index in [1.54, 1.807) is 12.1 Å². The van der Waals surface area contributed by atoms with Crippen LogP contribution in [0.4, 0.5) is 4.39 Å². The first-order chi connectivity index (χ1) is 11.3. The Kier molecular flexibility index (Phi) is 4.51. The van der Waals surface area contributed by atoms with E-state index in [0.29, 0.717) is 5.69 Å². The molecule has 124 valence electrons. The van der Waals surface area contributed by atoms with E-state index < -0.39 is 16.7 Å². The lowest BCUT2D eigenvalue weighted by Crippen LogP contribution is -2.24. The minimum absolute atomic E-state index is 0.0402. The lowest BCUT2D eigenvalue weighted by Gasteiger charge is -2.16. The Hall–Kier alpha value is -1.69. The third kappa shape index (κ3) is 2.66. The molecule has 8 heteroatoms. The monoisotopic (exact) mass is 385 g/mol. The van der Waals surface area contributed by atoms with E-state index in [-0.39, 0.29) is 27.1 Å². The van der Waals surface area contributed by atoms with Gasteiger partial charge in [0.15, 0.2) is 16.6 Å². The lowest BCUT2D eigenvalue weighted by molar-refractivity contribution is 0.624. The van der Waals surface area contributed by atoms with E-state index in [9.17, 15) is 9.18 Å². The number of hydrogen-bond donors (Lipinski definition) is 0. The molecule has 0 atom stereocenters. The number of aromatic nitrogens is 3. The first kappa shape index (κ1) is 17.1. The number of halogens is 4. The summed E-state index contributed by atoms with van der Waals surface area (Å²) < 4.78 is 15.2. The molecule has 1 aromatic carbocycles. The standard InChI is InChI=1S/C16H11Cl3FN3O/c1-7(2)8-5-3-4-6-9(8)23-15-10(13(18)22-16(23)24)11(17)12(20)14(19)21-15/h3-7H,1-2H3. The summed E-state index contributed by atoms with van der Waals surface area (Å²) in [6, 6.07) is 7.28. The summed E-state index contributed by atoms with van der Waals surface area (Å²) in [4.78, 5) is 20.2.